The van der Waals surface area contributed by atoms with Gasteiger partial charge in [0.25, 0.3) is 0 Å². The zero-order valence-corrected chi connectivity index (χ0v) is 12.5. The SMILES string of the molecule is CCC(=O)NC(C)C(c1cccs1)[NH+]1CCOCC1. The van der Waals surface area contributed by atoms with Crippen LogP contribution in [0.3, 0.4) is 0 Å². The molecule has 106 valence electrons. The molecule has 0 aliphatic carbocycles. The minimum atomic E-state index is 0.127. The minimum absolute atomic E-state index is 0.127. The van der Waals surface area contributed by atoms with Crippen LogP contribution in [0.1, 0.15) is 31.2 Å². The highest BCUT2D eigenvalue weighted by atomic mass is 32.1. The molecule has 2 rings (SSSR count). The van der Waals surface area contributed by atoms with E-state index in [-0.39, 0.29) is 11.9 Å². The number of hydrogen-bond donors (Lipinski definition) is 2. The fourth-order valence-corrected chi connectivity index (χ4v) is 3.64. The van der Waals surface area contributed by atoms with E-state index in [0.717, 1.165) is 26.3 Å². The molecule has 19 heavy (non-hydrogen) atoms. The molecule has 1 aromatic heterocycles. The largest absolute Gasteiger partial charge is 0.370 e. The molecule has 2 heterocycles. The van der Waals surface area contributed by atoms with E-state index >= 15 is 0 Å². The molecular formula is C14H23N2O2S+. The lowest BCUT2D eigenvalue weighted by Gasteiger charge is -2.34. The Kier molecular flexibility index (Phi) is 5.36. The highest BCUT2D eigenvalue weighted by molar-refractivity contribution is 7.10. The Hall–Kier alpha value is -0.910. The van der Waals surface area contributed by atoms with Crippen molar-refractivity contribution in [3.8, 4) is 0 Å². The Morgan fingerprint density at radius 2 is 2.26 bits per heavy atom. The molecule has 2 N–H and O–H groups in total. The van der Waals surface area contributed by atoms with Crippen LogP contribution in [0, 0.1) is 0 Å². The van der Waals surface area contributed by atoms with E-state index in [1.807, 2.05) is 6.92 Å². The molecule has 1 aliphatic heterocycles. The lowest BCUT2D eigenvalue weighted by atomic mass is 10.1. The molecule has 5 heteroatoms. The number of amides is 1. The third-order valence-corrected chi connectivity index (χ3v) is 4.59. The Labute approximate surface area is 118 Å². The van der Waals surface area contributed by atoms with E-state index in [9.17, 15) is 4.79 Å². The fraction of sp³-hybridized carbons (Fsp3) is 0.643. The summed E-state index contributed by atoms with van der Waals surface area (Å²) in [5.74, 6) is 0.127. The summed E-state index contributed by atoms with van der Waals surface area (Å²) >= 11 is 1.77. The van der Waals surface area contributed by atoms with Gasteiger partial charge >= 0.3 is 0 Å². The van der Waals surface area contributed by atoms with Gasteiger partial charge in [0.1, 0.15) is 19.1 Å². The van der Waals surface area contributed by atoms with Gasteiger partial charge < -0.3 is 15.0 Å². The van der Waals surface area contributed by atoms with Gasteiger partial charge in [-0.15, -0.1) is 11.3 Å². The quantitative estimate of drug-likeness (QED) is 0.832. The second-order valence-electron chi connectivity index (χ2n) is 4.97. The zero-order valence-electron chi connectivity index (χ0n) is 11.6. The Morgan fingerprint density at radius 3 is 2.84 bits per heavy atom. The zero-order chi connectivity index (χ0) is 13.7. The van der Waals surface area contributed by atoms with E-state index in [1.54, 1.807) is 11.3 Å². The molecular weight excluding hydrogens is 260 g/mol. The summed E-state index contributed by atoms with van der Waals surface area (Å²) < 4.78 is 5.44. The number of ether oxygens (including phenoxy) is 1. The normalized spacial score (nSPS) is 19.9. The molecule has 2 atom stereocenters. The number of quaternary nitrogens is 1. The van der Waals surface area contributed by atoms with Crippen molar-refractivity contribution in [3.63, 3.8) is 0 Å². The predicted octanol–water partition coefficient (Wildman–Crippen LogP) is 0.619. The first-order valence-electron chi connectivity index (χ1n) is 6.97. The number of rotatable bonds is 5. The second-order valence-corrected chi connectivity index (χ2v) is 5.95. The van der Waals surface area contributed by atoms with E-state index < -0.39 is 0 Å². The van der Waals surface area contributed by atoms with E-state index in [1.165, 1.54) is 9.78 Å². The third kappa shape index (κ3) is 3.78. The van der Waals surface area contributed by atoms with Crippen LogP contribution >= 0.6 is 11.3 Å². The van der Waals surface area contributed by atoms with Gasteiger partial charge in [0.15, 0.2) is 0 Å². The lowest BCUT2D eigenvalue weighted by Crippen LogP contribution is -3.15. The number of nitrogens with one attached hydrogen (secondary N) is 2. The van der Waals surface area contributed by atoms with Crippen LogP contribution in [0.4, 0.5) is 0 Å². The molecule has 1 amide bonds. The molecule has 4 nitrogen and oxygen atoms in total. The molecule has 1 aliphatic rings. The molecule has 1 fully saturated rings. The Balaban J connectivity index is 2.11. The number of morpholine rings is 1. The maximum Gasteiger partial charge on any atom is 0.220 e. The average molecular weight is 283 g/mol. The maximum absolute atomic E-state index is 11.6. The summed E-state index contributed by atoms with van der Waals surface area (Å²) in [6, 6.07) is 4.74. The Morgan fingerprint density at radius 1 is 1.53 bits per heavy atom. The van der Waals surface area contributed by atoms with Gasteiger partial charge in [-0.3, -0.25) is 4.79 Å². The van der Waals surface area contributed by atoms with Crippen molar-refractivity contribution in [3.05, 3.63) is 22.4 Å². The molecule has 2 unspecified atom stereocenters. The van der Waals surface area contributed by atoms with Crippen molar-refractivity contribution in [2.75, 3.05) is 26.3 Å². The molecule has 0 radical (unpaired) electrons. The van der Waals surface area contributed by atoms with E-state index in [2.05, 4.69) is 29.8 Å². The number of hydrogen-bond acceptors (Lipinski definition) is 3. The predicted molar refractivity (Wildman–Crippen MR) is 76.5 cm³/mol. The second kappa shape index (κ2) is 7.03. The first-order chi connectivity index (χ1) is 9.22. The van der Waals surface area contributed by atoms with Gasteiger partial charge in [-0.2, -0.15) is 0 Å². The maximum atomic E-state index is 11.6. The van der Waals surface area contributed by atoms with Crippen LogP contribution < -0.4 is 10.2 Å². The van der Waals surface area contributed by atoms with E-state index in [4.69, 9.17) is 4.74 Å². The number of carbonyl (C=O) groups excluding carboxylic acids is 1. The standard InChI is InChI=1S/C14H22N2O2S/c1-3-13(17)15-11(2)14(12-5-4-10-19-12)16-6-8-18-9-7-16/h4-5,10-11,14H,3,6-9H2,1-2H3,(H,15,17)/p+1. The summed E-state index contributed by atoms with van der Waals surface area (Å²) in [5.41, 5.74) is 0. The van der Waals surface area contributed by atoms with Crippen molar-refractivity contribution >= 4 is 17.2 Å². The average Bonchev–Trinajstić information content (AvgIpc) is 2.94. The molecule has 1 aromatic rings. The molecule has 0 bridgehead atoms. The van der Waals surface area contributed by atoms with E-state index in [0.29, 0.717) is 12.5 Å². The molecule has 0 saturated carbocycles. The van der Waals surface area contributed by atoms with Crippen molar-refractivity contribution in [2.24, 2.45) is 0 Å². The number of thiophene rings is 1. The van der Waals surface area contributed by atoms with Crippen molar-refractivity contribution in [2.45, 2.75) is 32.4 Å². The van der Waals surface area contributed by atoms with Gasteiger partial charge in [-0.05, 0) is 18.4 Å². The first-order valence-corrected chi connectivity index (χ1v) is 7.85. The van der Waals surface area contributed by atoms with Crippen LogP contribution in [0.15, 0.2) is 17.5 Å². The first kappa shape index (κ1) is 14.5. The molecule has 0 spiro atoms. The monoisotopic (exact) mass is 283 g/mol. The van der Waals surface area contributed by atoms with Gasteiger partial charge in [0.2, 0.25) is 5.91 Å². The summed E-state index contributed by atoms with van der Waals surface area (Å²) in [5, 5.41) is 5.23. The highest BCUT2D eigenvalue weighted by Gasteiger charge is 2.32. The van der Waals surface area contributed by atoms with Gasteiger partial charge in [-0.25, -0.2) is 0 Å². The minimum Gasteiger partial charge on any atom is -0.370 e. The van der Waals surface area contributed by atoms with Crippen LogP contribution in [0.25, 0.3) is 0 Å². The van der Waals surface area contributed by atoms with Crippen molar-refractivity contribution < 1.29 is 14.4 Å². The lowest BCUT2D eigenvalue weighted by molar-refractivity contribution is -0.939. The van der Waals surface area contributed by atoms with Crippen molar-refractivity contribution in [1.82, 2.24) is 5.32 Å². The smallest absolute Gasteiger partial charge is 0.220 e. The Bertz CT molecular complexity index is 388. The topological polar surface area (TPSA) is 42.8 Å². The van der Waals surface area contributed by atoms with Gasteiger partial charge in [-0.1, -0.05) is 13.0 Å². The third-order valence-electron chi connectivity index (χ3n) is 3.63. The molecule has 1 saturated heterocycles. The summed E-state index contributed by atoms with van der Waals surface area (Å²) in [6.45, 7) is 7.64. The van der Waals surface area contributed by atoms with Crippen LogP contribution in [0.5, 0.6) is 0 Å². The van der Waals surface area contributed by atoms with Crippen molar-refractivity contribution in [1.29, 1.82) is 0 Å². The van der Waals surface area contributed by atoms with Gasteiger partial charge in [0.05, 0.1) is 24.1 Å². The van der Waals surface area contributed by atoms with Crippen LogP contribution in [-0.4, -0.2) is 38.3 Å². The summed E-state index contributed by atoms with van der Waals surface area (Å²) in [6.07, 6.45) is 0.542. The van der Waals surface area contributed by atoms with Crippen LogP contribution in [-0.2, 0) is 9.53 Å². The van der Waals surface area contributed by atoms with Gasteiger partial charge in [0, 0.05) is 6.42 Å². The highest BCUT2D eigenvalue weighted by Crippen LogP contribution is 2.20. The summed E-state index contributed by atoms with van der Waals surface area (Å²) in [4.78, 5) is 14.5. The number of carbonyl (C=O) groups is 1. The fourth-order valence-electron chi connectivity index (χ4n) is 2.65. The van der Waals surface area contributed by atoms with Crippen LogP contribution in [0.2, 0.25) is 0 Å². The molecule has 0 aromatic carbocycles. The summed E-state index contributed by atoms with van der Waals surface area (Å²) in [7, 11) is 0.